The predicted octanol–water partition coefficient (Wildman–Crippen LogP) is 5.18. The fourth-order valence-electron chi connectivity index (χ4n) is 4.72. The fourth-order valence-corrected chi connectivity index (χ4v) is 6.20. The van der Waals surface area contributed by atoms with Gasteiger partial charge in [-0.2, -0.15) is 0 Å². The van der Waals surface area contributed by atoms with Gasteiger partial charge >= 0.3 is 5.91 Å². The summed E-state index contributed by atoms with van der Waals surface area (Å²) < 4.78 is 22.9. The molecule has 204 valence electrons. The van der Waals surface area contributed by atoms with Gasteiger partial charge in [0, 0.05) is 5.56 Å². The number of carbonyl (C=O) groups excluding carboxylic acids is 2. The summed E-state index contributed by atoms with van der Waals surface area (Å²) >= 11 is 4.53. The van der Waals surface area contributed by atoms with Crippen LogP contribution in [0, 0.1) is 0 Å². The van der Waals surface area contributed by atoms with Crippen molar-refractivity contribution < 1.29 is 38.7 Å². The first-order chi connectivity index (χ1) is 19.3. The zero-order valence-corrected chi connectivity index (χ0v) is 23.5. The van der Waals surface area contributed by atoms with Crippen LogP contribution in [0.4, 0.5) is 5.13 Å². The highest BCUT2D eigenvalue weighted by atomic mass is 79.9. The number of ether oxygens (including phenoxy) is 4. The summed E-state index contributed by atoms with van der Waals surface area (Å²) in [5, 5.41) is 22.2. The summed E-state index contributed by atoms with van der Waals surface area (Å²) in [5.41, 5.74) is 1.12. The maximum absolute atomic E-state index is 13.6. The number of benzene rings is 3. The van der Waals surface area contributed by atoms with Crippen molar-refractivity contribution in [2.24, 2.45) is 0 Å². The van der Waals surface area contributed by atoms with Crippen molar-refractivity contribution in [3.05, 3.63) is 69.7 Å². The second kappa shape index (κ2) is 10.0. The molecule has 1 saturated heterocycles. The summed E-state index contributed by atoms with van der Waals surface area (Å²) in [5.74, 6) is -0.644. The Hall–Kier alpha value is -4.29. The van der Waals surface area contributed by atoms with Crippen LogP contribution >= 0.6 is 27.3 Å². The predicted molar refractivity (Wildman–Crippen MR) is 151 cm³/mol. The first-order valence-electron chi connectivity index (χ1n) is 12.0. The molecule has 0 bridgehead atoms. The number of anilines is 1. The number of phenolic OH excluding ortho intramolecular Hbond substituents is 1. The zero-order valence-electron chi connectivity index (χ0n) is 21.1. The quantitative estimate of drug-likeness (QED) is 0.175. The van der Waals surface area contributed by atoms with Crippen LogP contribution in [-0.4, -0.2) is 54.3 Å². The third-order valence-corrected chi connectivity index (χ3v) is 8.26. The van der Waals surface area contributed by atoms with Crippen LogP contribution in [0.2, 0.25) is 0 Å². The van der Waals surface area contributed by atoms with Crippen LogP contribution in [-0.2, 0) is 9.59 Å². The smallest absolute Gasteiger partial charge is 0.301 e. The third kappa shape index (κ3) is 4.20. The largest absolute Gasteiger partial charge is 0.507 e. The van der Waals surface area contributed by atoms with E-state index in [9.17, 15) is 19.8 Å². The first kappa shape index (κ1) is 26.0. The third-order valence-electron chi connectivity index (χ3n) is 6.64. The van der Waals surface area contributed by atoms with Crippen molar-refractivity contribution in [1.29, 1.82) is 0 Å². The van der Waals surface area contributed by atoms with E-state index in [1.165, 1.54) is 29.4 Å². The summed E-state index contributed by atoms with van der Waals surface area (Å²) in [7, 11) is 2.94. The molecule has 3 aromatic carbocycles. The maximum Gasteiger partial charge on any atom is 0.301 e. The van der Waals surface area contributed by atoms with Gasteiger partial charge in [0.15, 0.2) is 28.1 Å². The topological polar surface area (TPSA) is 128 Å². The first-order valence-corrected chi connectivity index (χ1v) is 13.6. The number of aliphatic hydroxyl groups is 1. The highest BCUT2D eigenvalue weighted by molar-refractivity contribution is 9.10. The molecule has 2 N–H and O–H groups in total. The molecule has 0 radical (unpaired) electrons. The molecule has 40 heavy (non-hydrogen) atoms. The molecule has 12 heteroatoms. The van der Waals surface area contributed by atoms with Crippen molar-refractivity contribution in [1.82, 2.24) is 4.98 Å². The van der Waals surface area contributed by atoms with Crippen molar-refractivity contribution >= 4 is 60.1 Å². The van der Waals surface area contributed by atoms with E-state index in [0.717, 1.165) is 4.70 Å². The lowest BCUT2D eigenvalue weighted by Crippen LogP contribution is -2.29. The Morgan fingerprint density at radius 3 is 2.58 bits per heavy atom. The van der Waals surface area contributed by atoms with E-state index < -0.39 is 23.5 Å². The van der Waals surface area contributed by atoms with E-state index in [1.54, 1.807) is 49.6 Å². The number of fused-ring (bicyclic) bond motifs is 2. The molecule has 0 saturated carbocycles. The Morgan fingerprint density at radius 1 is 1.05 bits per heavy atom. The van der Waals surface area contributed by atoms with E-state index >= 15 is 0 Å². The summed E-state index contributed by atoms with van der Waals surface area (Å²) in [6, 6.07) is 12.1. The second-order valence-electron chi connectivity index (χ2n) is 8.91. The Morgan fingerprint density at radius 2 is 1.82 bits per heavy atom. The van der Waals surface area contributed by atoms with Gasteiger partial charge in [-0.25, -0.2) is 4.98 Å². The standard InChI is InChI=1S/C28H21BrN2O8S/c1-36-15-4-5-17-21(12-15)40-28(30-17)31-23(14-9-16(29)25(33)20(11-14)37-2)22(26(34)27(31)35)24(32)13-3-6-18-19(10-13)39-8-7-38-18/h3-6,9-12,23,32-33H,7-8H2,1-2H3/b24-22+/t23-/m0/s1. The van der Waals surface area contributed by atoms with Gasteiger partial charge < -0.3 is 29.2 Å². The van der Waals surface area contributed by atoms with Crippen LogP contribution in [0.25, 0.3) is 16.0 Å². The van der Waals surface area contributed by atoms with Crippen LogP contribution in [0.15, 0.2) is 58.6 Å². The number of hydrogen-bond acceptors (Lipinski definition) is 10. The number of aromatic nitrogens is 1. The minimum atomic E-state index is -1.10. The second-order valence-corrected chi connectivity index (χ2v) is 10.8. The van der Waals surface area contributed by atoms with E-state index in [-0.39, 0.29) is 32.2 Å². The average Bonchev–Trinajstić information content (AvgIpc) is 3.51. The lowest BCUT2D eigenvalue weighted by molar-refractivity contribution is -0.132. The molecule has 6 rings (SSSR count). The molecular formula is C28H21BrN2O8S. The Bertz CT molecular complexity index is 1730. The number of phenols is 1. The number of nitrogens with zero attached hydrogens (tertiary/aromatic N) is 2. The molecule has 1 fully saturated rings. The number of aromatic hydroxyl groups is 1. The van der Waals surface area contributed by atoms with Crippen LogP contribution < -0.4 is 23.8 Å². The molecule has 4 aromatic rings. The summed E-state index contributed by atoms with van der Waals surface area (Å²) in [4.78, 5) is 33.1. The van der Waals surface area contributed by atoms with Gasteiger partial charge in [0.2, 0.25) is 0 Å². The summed E-state index contributed by atoms with van der Waals surface area (Å²) in [6.45, 7) is 0.736. The number of thiazole rings is 1. The Labute approximate surface area is 240 Å². The number of methoxy groups -OCH3 is 2. The molecular weight excluding hydrogens is 604 g/mol. The minimum absolute atomic E-state index is 0.114. The maximum atomic E-state index is 13.6. The van der Waals surface area contributed by atoms with Crippen LogP contribution in [0.3, 0.4) is 0 Å². The highest BCUT2D eigenvalue weighted by Gasteiger charge is 2.48. The molecule has 1 atom stereocenters. The molecule has 1 aromatic heterocycles. The van der Waals surface area contributed by atoms with Gasteiger partial charge in [-0.1, -0.05) is 11.3 Å². The molecule has 2 aliphatic heterocycles. The molecule has 0 unspecified atom stereocenters. The van der Waals surface area contributed by atoms with Gasteiger partial charge in [0.25, 0.3) is 5.78 Å². The molecule has 10 nitrogen and oxygen atoms in total. The number of aliphatic hydroxyl groups excluding tert-OH is 1. The zero-order chi connectivity index (χ0) is 28.1. The molecule has 0 spiro atoms. The SMILES string of the molecule is COc1ccc2nc(N3C(=O)C(=O)/C(=C(/O)c4ccc5c(c4)OCCO5)[C@@H]3c3cc(Br)c(O)c(OC)c3)sc2c1. The van der Waals surface area contributed by atoms with Gasteiger partial charge in [0.05, 0.1) is 40.5 Å². The number of ketones is 1. The van der Waals surface area contributed by atoms with E-state index in [2.05, 4.69) is 20.9 Å². The van der Waals surface area contributed by atoms with Crippen molar-refractivity contribution in [3.63, 3.8) is 0 Å². The van der Waals surface area contributed by atoms with Crippen molar-refractivity contribution in [2.75, 3.05) is 32.3 Å². The van der Waals surface area contributed by atoms with Gasteiger partial charge in [-0.15, -0.1) is 0 Å². The number of carbonyl (C=O) groups is 2. The summed E-state index contributed by atoms with van der Waals surface area (Å²) in [6.07, 6.45) is 0. The number of amides is 1. The molecule has 0 aliphatic carbocycles. The monoisotopic (exact) mass is 624 g/mol. The number of halogens is 1. The number of hydrogen-bond donors (Lipinski definition) is 2. The molecule has 1 amide bonds. The van der Waals surface area contributed by atoms with Crippen LogP contribution in [0.1, 0.15) is 17.2 Å². The normalized spacial score (nSPS) is 17.9. The molecule has 2 aliphatic rings. The minimum Gasteiger partial charge on any atom is -0.507 e. The lowest BCUT2D eigenvalue weighted by Gasteiger charge is -2.24. The highest BCUT2D eigenvalue weighted by Crippen LogP contribution is 2.48. The van der Waals surface area contributed by atoms with Gasteiger partial charge in [0.1, 0.15) is 24.7 Å². The lowest BCUT2D eigenvalue weighted by atomic mass is 9.95. The fraction of sp³-hybridized carbons (Fsp3) is 0.179. The Kier molecular flexibility index (Phi) is 6.51. The number of rotatable bonds is 5. The van der Waals surface area contributed by atoms with Crippen molar-refractivity contribution in [3.8, 4) is 28.7 Å². The van der Waals surface area contributed by atoms with Crippen molar-refractivity contribution in [2.45, 2.75) is 6.04 Å². The van der Waals surface area contributed by atoms with Crippen LogP contribution in [0.5, 0.6) is 28.7 Å². The Balaban J connectivity index is 1.57. The number of Topliss-reactive ketones (excluding diaryl/α,β-unsaturated/α-hetero) is 1. The van der Waals surface area contributed by atoms with Gasteiger partial charge in [-0.3, -0.25) is 14.5 Å². The van der Waals surface area contributed by atoms with E-state index in [1.807, 2.05) is 0 Å². The van der Waals surface area contributed by atoms with Gasteiger partial charge in [-0.05, 0) is 70.0 Å². The van der Waals surface area contributed by atoms with E-state index in [4.69, 9.17) is 18.9 Å². The molecule has 3 heterocycles. The average molecular weight is 625 g/mol. The van der Waals surface area contributed by atoms with E-state index in [0.29, 0.717) is 41.5 Å².